The molecule has 0 spiro atoms. The lowest BCUT2D eigenvalue weighted by Crippen LogP contribution is -2.62. The van der Waals surface area contributed by atoms with Gasteiger partial charge >= 0.3 is 48.4 Å². The van der Waals surface area contributed by atoms with E-state index in [0.717, 1.165) is 57.8 Å². The van der Waals surface area contributed by atoms with Gasteiger partial charge in [0.2, 0.25) is 58.4 Å². The minimum atomic E-state index is -4.85. The molecule has 10 fully saturated rings. The molecule has 3 unspecified atom stereocenters. The normalized spacial score (nSPS) is 24.9. The van der Waals surface area contributed by atoms with E-state index in [1.165, 1.54) is 28.5 Å². The molecule has 42 heteroatoms. The monoisotopic (exact) mass is 1920 g/mol. The first-order chi connectivity index (χ1) is 61.6. The quantitative estimate of drug-likeness (QED) is 0.0138. The molecule has 0 aromatic carbocycles. The molecule has 7 aliphatic carbocycles. The van der Waals surface area contributed by atoms with Crippen LogP contribution in [0.5, 0.6) is 0 Å². The first-order valence-corrected chi connectivity index (χ1v) is 46.9. The second-order valence-corrected chi connectivity index (χ2v) is 46.0. The lowest BCUT2D eigenvalue weighted by Gasteiger charge is -2.38. The van der Waals surface area contributed by atoms with Gasteiger partial charge < -0.3 is 94.0 Å². The summed E-state index contributed by atoms with van der Waals surface area (Å²) in [4.78, 5) is 238. The summed E-state index contributed by atoms with van der Waals surface area (Å²) in [5.74, 6) is -13.7. The molecular weight excluding hydrogens is 1780 g/mol. The first kappa shape index (κ1) is 110. The number of nitrogens with one attached hydrogen (secondary N) is 9. The van der Waals surface area contributed by atoms with Crippen molar-refractivity contribution in [3.05, 3.63) is 0 Å². The van der Waals surface area contributed by atoms with Gasteiger partial charge in [-0.1, -0.05) is 171 Å². The summed E-state index contributed by atoms with van der Waals surface area (Å²) in [7, 11) is 0. The van der Waals surface area contributed by atoms with Gasteiger partial charge in [0, 0.05) is 26.1 Å². The van der Waals surface area contributed by atoms with E-state index in [4.69, 9.17) is 31.4 Å². The molecule has 3 saturated heterocycles. The van der Waals surface area contributed by atoms with Crippen molar-refractivity contribution < 1.29 is 127 Å². The summed E-state index contributed by atoms with van der Waals surface area (Å²) in [6, 6.07) is -16.2. The third kappa shape index (κ3) is 27.3. The molecule has 0 aromatic rings. The Balaban J connectivity index is 0.000000249. The van der Waals surface area contributed by atoms with Crippen LogP contribution in [0.15, 0.2) is 0 Å². The average molecular weight is 1920 g/mol. The van der Waals surface area contributed by atoms with E-state index in [2.05, 4.69) is 47.9 Å². The minimum Gasteiger partial charge on any atom is -0.464 e. The maximum Gasteiger partial charge on any atom is 0.427 e. The van der Waals surface area contributed by atoms with Crippen molar-refractivity contribution in [1.82, 2.24) is 62.6 Å². The lowest BCUT2D eigenvalue weighted by atomic mass is 9.79. The Morgan fingerprint density at radius 2 is 0.719 bits per heavy atom. The summed E-state index contributed by atoms with van der Waals surface area (Å²) in [6.45, 7) is 41.5. The van der Waals surface area contributed by atoms with Gasteiger partial charge in [-0.25, -0.2) is 28.8 Å². The molecule has 0 radical (unpaired) electrons. The van der Waals surface area contributed by atoms with Crippen molar-refractivity contribution in [2.24, 2.45) is 120 Å². The number of amides is 15. The van der Waals surface area contributed by atoms with Crippen molar-refractivity contribution in [3.63, 3.8) is 0 Å². The number of carbonyl (C=O) groups is 18. The predicted molar refractivity (Wildman–Crippen MR) is 476 cm³/mol. The molecular formula is C93H145F6N15O21. The standard InChI is InChI=1S/2C31H48F3N5O7.C31H49N5O7/c1-14(2)19(26(44)46-30(8,9)31(32,33)34)37-27(45)38-22(28(3,4)5)25(43)39-13-16-18(29(16,6)7)20(39)24(42)36-17(12-15-10-11-15)21(40)23(35)41;1-28(2,3)21(37-27(45)38-22(29(4,5)6)26(44)46-14-15-9-10-15)25(43)39-13-16-18(30(16,7)8)19(39)24(42)36-17(20(40)23(35)41)11-12-31(32,33)34;1-15(2)43-28(41)21(17-9-8-10-17)34-29(42)35-24(30(3,4)5)27(40)36-14-18-20(31(18,6)7)22(36)26(39)33-19(13-16-11-12-16)23(37)25(32)38/h14-20,22H,10-13H2,1-9H3,(H2,35,41)(H,36,42)(H2,37,38,45);15-19,21-22H,9-14H2,1-8H3,(H2,35,41)(H,36,42)(H2,37,38,45);15-22,24H,8-14H2,1-7H3,(H2,32,38)(H,33,39)(H2,34,35,42)/t16-,17?,18-,19-,20-,22+;16-,17?,18-,19-,21+,22+;18-,19?,20-,21-,22-,24+/m000/s1. The van der Waals surface area contributed by atoms with Crippen LogP contribution in [0.4, 0.5) is 40.7 Å². The van der Waals surface area contributed by atoms with Gasteiger partial charge in [-0.3, -0.25) is 57.5 Å². The maximum atomic E-state index is 14.2. The number of carbonyl (C=O) groups excluding carboxylic acids is 18. The Bertz CT molecular complexity index is 4530. The highest BCUT2D eigenvalue weighted by Gasteiger charge is 2.73. The van der Waals surface area contributed by atoms with Crippen LogP contribution < -0.4 is 65.1 Å². The topological polar surface area (TPSA) is 531 Å². The van der Waals surface area contributed by atoms with Crippen molar-refractivity contribution in [1.29, 1.82) is 0 Å². The number of esters is 3. The zero-order chi connectivity index (χ0) is 102. The molecule has 10 rings (SSSR count). The van der Waals surface area contributed by atoms with Gasteiger partial charge in [-0.05, 0) is 176 Å². The Morgan fingerprint density at radius 1 is 0.400 bits per heavy atom. The van der Waals surface area contributed by atoms with E-state index in [-0.39, 0.29) is 96.3 Å². The second-order valence-electron chi connectivity index (χ2n) is 46.0. The predicted octanol–water partition coefficient (Wildman–Crippen LogP) is 6.51. The fourth-order valence-corrected chi connectivity index (χ4v) is 19.0. The van der Waals surface area contributed by atoms with Gasteiger partial charge in [-0.2, -0.15) is 26.3 Å². The number of piperidine rings is 3. The second kappa shape index (κ2) is 41.0. The van der Waals surface area contributed by atoms with Crippen LogP contribution in [0, 0.1) is 103 Å². The van der Waals surface area contributed by atoms with E-state index in [1.54, 1.807) is 76.2 Å². The number of rotatable bonds is 36. The van der Waals surface area contributed by atoms with E-state index in [9.17, 15) is 113 Å². The summed E-state index contributed by atoms with van der Waals surface area (Å²) >= 11 is 0. The van der Waals surface area contributed by atoms with Crippen molar-refractivity contribution >= 4 is 107 Å². The molecule has 36 nitrogen and oxygen atoms in total. The van der Waals surface area contributed by atoms with Gasteiger partial charge in [0.1, 0.15) is 54.4 Å². The number of fused-ring (bicyclic) bond motifs is 3. The highest BCUT2D eigenvalue weighted by atomic mass is 19.4. The van der Waals surface area contributed by atoms with Crippen LogP contribution in [0.2, 0.25) is 0 Å². The molecule has 15 N–H and O–H groups in total. The molecule has 3 aliphatic heterocycles. The Morgan fingerprint density at radius 3 is 1.01 bits per heavy atom. The maximum absolute atomic E-state index is 14.2. The number of nitrogens with two attached hydrogens (primary N) is 3. The van der Waals surface area contributed by atoms with E-state index < -0.39 is 243 Å². The molecule has 18 atom stereocenters. The number of urea groups is 3. The smallest absolute Gasteiger partial charge is 0.427 e. The summed E-state index contributed by atoms with van der Waals surface area (Å²) < 4.78 is 94.4. The molecule has 15 amide bonds. The number of nitrogens with zero attached hydrogens (tertiary/aromatic N) is 3. The SMILES string of the molecule is CC(C)(C)[C@H](NC(=O)N[C@H](C(=O)N1C[C@H]2[C@@H]([C@H]1C(=O)NC(CCC(F)(F)F)C(=O)C(N)=O)C2(C)C)C(C)(C)C)C(=O)OCC1CC1.CC(C)OC(=O)[C@@H](NC(=O)N[C@H](C(=O)N1C[C@H]2[C@@H]([C@H]1C(=O)NC(CC1CC1)C(=O)C(N)=O)C2(C)C)C(C)(C)C)C1CCC1.CC(C)[C@H](NC(=O)N[C@H](C(=O)N1C[C@H]2[C@@H]([C@H]1C(=O)NC(CC1CC1)C(=O)C(N)=O)C2(C)C)C(C)(C)C)C(=O)OC(C)(C)C(F)(F)F. The third-order valence-electron chi connectivity index (χ3n) is 28.6. The van der Waals surface area contributed by atoms with Gasteiger partial charge in [0.15, 0.2) is 0 Å². The zero-order valence-electron chi connectivity index (χ0n) is 82.3. The van der Waals surface area contributed by atoms with Crippen LogP contribution in [-0.4, -0.2) is 244 Å². The summed E-state index contributed by atoms with van der Waals surface area (Å²) in [6.07, 6.45) is -3.54. The van der Waals surface area contributed by atoms with Crippen molar-refractivity contribution in [3.8, 4) is 0 Å². The molecule has 3 heterocycles. The number of ether oxygens (including phenoxy) is 3. The summed E-state index contributed by atoms with van der Waals surface area (Å²) in [5.41, 5.74) is 8.63. The first-order valence-electron chi connectivity index (χ1n) is 46.9. The summed E-state index contributed by atoms with van der Waals surface area (Å²) in [5, 5.41) is 23.5. The number of primary amides is 3. The molecule has 0 aromatic heterocycles. The molecule has 7 saturated carbocycles. The lowest BCUT2D eigenvalue weighted by molar-refractivity contribution is -0.258. The van der Waals surface area contributed by atoms with Gasteiger partial charge in [-0.15, -0.1) is 0 Å². The van der Waals surface area contributed by atoms with E-state index >= 15 is 0 Å². The van der Waals surface area contributed by atoms with Crippen molar-refractivity contribution in [2.75, 3.05) is 26.2 Å². The van der Waals surface area contributed by atoms with Gasteiger partial charge in [0.25, 0.3) is 17.7 Å². The number of Topliss-reactive ketones (excluding diaryl/α,β-unsaturated/α-hetero) is 3. The highest BCUT2D eigenvalue weighted by Crippen LogP contribution is 2.67. The number of hydrogen-bond acceptors (Lipinski definition) is 21. The molecule has 760 valence electrons. The molecule has 10 aliphatic rings. The van der Waals surface area contributed by atoms with E-state index in [0.29, 0.717) is 32.7 Å². The van der Waals surface area contributed by atoms with Gasteiger partial charge in [0.05, 0.1) is 30.8 Å². The fraction of sp³-hybridized carbons (Fsp3) is 0.806. The molecule has 135 heavy (non-hydrogen) atoms. The largest absolute Gasteiger partial charge is 0.464 e. The third-order valence-corrected chi connectivity index (χ3v) is 28.6. The van der Waals surface area contributed by atoms with Crippen LogP contribution in [0.1, 0.15) is 250 Å². The Labute approximate surface area is 785 Å². The number of hydrogen-bond donors (Lipinski definition) is 12. The van der Waals surface area contributed by atoms with Crippen molar-refractivity contribution in [2.45, 2.75) is 346 Å². The minimum absolute atomic E-state index is 0.0338. The number of ketones is 3. The number of likely N-dealkylation sites (tertiary alicyclic amines) is 3. The number of halogens is 6. The molecule has 0 bridgehead atoms. The highest BCUT2D eigenvalue weighted by molar-refractivity contribution is 6.39. The van der Waals surface area contributed by atoms with Crippen LogP contribution in [-0.2, 0) is 86.1 Å². The Hall–Kier alpha value is -9.96. The van der Waals surface area contributed by atoms with E-state index in [1.807, 2.05) is 62.3 Å². The zero-order valence-corrected chi connectivity index (χ0v) is 82.3. The fourth-order valence-electron chi connectivity index (χ4n) is 19.0. The average Bonchev–Trinajstić information content (AvgIpc) is 1.53. The van der Waals surface area contributed by atoms with Crippen LogP contribution >= 0.6 is 0 Å². The Kier molecular flexibility index (Phi) is 33.5. The van der Waals surface area contributed by atoms with Crippen LogP contribution in [0.3, 0.4) is 0 Å². The van der Waals surface area contributed by atoms with Crippen LogP contribution in [0.25, 0.3) is 0 Å². The number of alkyl halides is 6.